The largest absolute Gasteiger partial charge is 0.313 e. The monoisotopic (exact) mass is 280 g/mol. The fraction of sp³-hybridized carbons (Fsp3) is 1.00. The van der Waals surface area contributed by atoms with Crippen molar-refractivity contribution in [3.05, 3.63) is 0 Å². The molecule has 1 aliphatic heterocycles. The van der Waals surface area contributed by atoms with Crippen molar-refractivity contribution in [1.82, 2.24) is 10.2 Å². The van der Waals surface area contributed by atoms with E-state index in [1.807, 2.05) is 0 Å². The number of nitrogens with zero attached hydrogens (tertiary/aromatic N) is 1. The molecule has 118 valence electrons. The molecule has 0 aromatic rings. The van der Waals surface area contributed by atoms with Gasteiger partial charge in [0, 0.05) is 12.6 Å². The third kappa shape index (κ3) is 4.73. The van der Waals surface area contributed by atoms with E-state index in [0.717, 1.165) is 30.3 Å². The van der Waals surface area contributed by atoms with E-state index in [1.165, 1.54) is 64.6 Å². The minimum atomic E-state index is 0.746. The molecule has 2 rings (SSSR count). The second kappa shape index (κ2) is 8.38. The van der Waals surface area contributed by atoms with Crippen molar-refractivity contribution in [2.24, 2.45) is 17.8 Å². The summed E-state index contributed by atoms with van der Waals surface area (Å²) in [5.74, 6) is 2.78. The molecular formula is C18H36N2. The molecule has 2 aliphatic rings. The SMILES string of the molecule is CCNC(CN1CCC(C(C)C)CC1)C1CCCCC1. The minimum Gasteiger partial charge on any atom is -0.313 e. The van der Waals surface area contributed by atoms with E-state index in [4.69, 9.17) is 0 Å². The summed E-state index contributed by atoms with van der Waals surface area (Å²) in [4.78, 5) is 2.74. The van der Waals surface area contributed by atoms with Gasteiger partial charge >= 0.3 is 0 Å². The smallest absolute Gasteiger partial charge is 0.0223 e. The van der Waals surface area contributed by atoms with Crippen LogP contribution < -0.4 is 5.32 Å². The van der Waals surface area contributed by atoms with Gasteiger partial charge in [0.2, 0.25) is 0 Å². The zero-order valence-electron chi connectivity index (χ0n) is 14.0. The van der Waals surface area contributed by atoms with Crippen LogP contribution in [-0.2, 0) is 0 Å². The number of likely N-dealkylation sites (N-methyl/N-ethyl adjacent to an activating group) is 1. The van der Waals surface area contributed by atoms with Gasteiger partial charge in [-0.05, 0) is 63.1 Å². The first-order valence-corrected chi connectivity index (χ1v) is 9.16. The van der Waals surface area contributed by atoms with Gasteiger partial charge in [0.15, 0.2) is 0 Å². The first kappa shape index (κ1) is 16.3. The van der Waals surface area contributed by atoms with E-state index in [1.54, 1.807) is 0 Å². The predicted octanol–water partition coefficient (Wildman–Crippen LogP) is 3.91. The second-order valence-electron chi connectivity index (χ2n) is 7.44. The van der Waals surface area contributed by atoms with Crippen molar-refractivity contribution in [2.75, 3.05) is 26.2 Å². The Morgan fingerprint density at radius 1 is 0.950 bits per heavy atom. The van der Waals surface area contributed by atoms with Crippen LogP contribution in [0.2, 0.25) is 0 Å². The summed E-state index contributed by atoms with van der Waals surface area (Å²) in [7, 11) is 0. The Balaban J connectivity index is 1.79. The van der Waals surface area contributed by atoms with Crippen LogP contribution in [0.4, 0.5) is 0 Å². The number of nitrogens with one attached hydrogen (secondary N) is 1. The summed E-state index contributed by atoms with van der Waals surface area (Å²) in [6.07, 6.45) is 10.1. The van der Waals surface area contributed by atoms with Crippen LogP contribution in [0.5, 0.6) is 0 Å². The van der Waals surface area contributed by atoms with Crippen LogP contribution in [0.15, 0.2) is 0 Å². The highest BCUT2D eigenvalue weighted by molar-refractivity contribution is 4.84. The number of likely N-dealkylation sites (tertiary alicyclic amines) is 1. The van der Waals surface area contributed by atoms with Crippen molar-refractivity contribution in [2.45, 2.75) is 71.8 Å². The maximum absolute atomic E-state index is 3.79. The lowest BCUT2D eigenvalue weighted by Crippen LogP contribution is -2.48. The van der Waals surface area contributed by atoms with E-state index >= 15 is 0 Å². The molecule has 2 fully saturated rings. The third-order valence-corrected chi connectivity index (χ3v) is 5.72. The molecule has 0 amide bonds. The van der Waals surface area contributed by atoms with Gasteiger partial charge in [-0.15, -0.1) is 0 Å². The van der Waals surface area contributed by atoms with E-state index in [2.05, 4.69) is 31.0 Å². The Hall–Kier alpha value is -0.0800. The Kier molecular flexibility index (Phi) is 6.83. The molecule has 2 nitrogen and oxygen atoms in total. The van der Waals surface area contributed by atoms with E-state index in [-0.39, 0.29) is 0 Å². The summed E-state index contributed by atoms with van der Waals surface area (Å²) < 4.78 is 0. The van der Waals surface area contributed by atoms with E-state index < -0.39 is 0 Å². The molecule has 1 saturated carbocycles. The van der Waals surface area contributed by atoms with Gasteiger partial charge in [-0.3, -0.25) is 0 Å². The average Bonchev–Trinajstić information content (AvgIpc) is 2.48. The van der Waals surface area contributed by atoms with Crippen molar-refractivity contribution in [3.63, 3.8) is 0 Å². The van der Waals surface area contributed by atoms with Crippen LogP contribution in [0, 0.1) is 17.8 Å². The van der Waals surface area contributed by atoms with Gasteiger partial charge in [0.05, 0.1) is 0 Å². The Morgan fingerprint density at radius 3 is 2.15 bits per heavy atom. The minimum absolute atomic E-state index is 0.746. The molecule has 1 aliphatic carbocycles. The fourth-order valence-corrected chi connectivity index (χ4v) is 4.26. The third-order valence-electron chi connectivity index (χ3n) is 5.72. The normalized spacial score (nSPS) is 25.2. The van der Waals surface area contributed by atoms with Crippen molar-refractivity contribution < 1.29 is 0 Å². The zero-order valence-corrected chi connectivity index (χ0v) is 14.0. The lowest BCUT2D eigenvalue weighted by atomic mass is 9.82. The van der Waals surface area contributed by atoms with Crippen LogP contribution in [-0.4, -0.2) is 37.1 Å². The van der Waals surface area contributed by atoms with Gasteiger partial charge in [0.25, 0.3) is 0 Å². The van der Waals surface area contributed by atoms with Crippen LogP contribution >= 0.6 is 0 Å². The first-order chi connectivity index (χ1) is 9.70. The Morgan fingerprint density at radius 2 is 1.60 bits per heavy atom. The quantitative estimate of drug-likeness (QED) is 0.793. The Bertz CT molecular complexity index is 250. The number of hydrogen-bond acceptors (Lipinski definition) is 2. The molecule has 1 saturated heterocycles. The van der Waals surface area contributed by atoms with E-state index in [9.17, 15) is 0 Å². The summed E-state index contributed by atoms with van der Waals surface area (Å²) >= 11 is 0. The maximum Gasteiger partial charge on any atom is 0.0223 e. The van der Waals surface area contributed by atoms with Gasteiger partial charge in [-0.1, -0.05) is 40.0 Å². The van der Waals surface area contributed by atoms with Crippen molar-refractivity contribution in [1.29, 1.82) is 0 Å². The average molecular weight is 280 g/mol. The summed E-state index contributed by atoms with van der Waals surface area (Å²) in [6, 6.07) is 0.746. The zero-order chi connectivity index (χ0) is 14.4. The summed E-state index contributed by atoms with van der Waals surface area (Å²) in [5, 5.41) is 3.79. The standard InChI is InChI=1S/C18H36N2/c1-4-19-18(17-8-6-5-7-9-17)14-20-12-10-16(11-13-20)15(2)3/h15-19H,4-14H2,1-3H3. The molecule has 0 radical (unpaired) electrons. The molecule has 1 N–H and O–H groups in total. The molecule has 1 heterocycles. The topological polar surface area (TPSA) is 15.3 Å². The van der Waals surface area contributed by atoms with Crippen LogP contribution in [0.3, 0.4) is 0 Å². The molecular weight excluding hydrogens is 244 g/mol. The summed E-state index contributed by atoms with van der Waals surface area (Å²) in [6.45, 7) is 12.1. The molecule has 1 unspecified atom stereocenters. The highest BCUT2D eigenvalue weighted by Crippen LogP contribution is 2.29. The molecule has 0 bridgehead atoms. The van der Waals surface area contributed by atoms with Crippen LogP contribution in [0.25, 0.3) is 0 Å². The number of hydrogen-bond donors (Lipinski definition) is 1. The van der Waals surface area contributed by atoms with Gasteiger partial charge in [0.1, 0.15) is 0 Å². The molecule has 0 aromatic heterocycles. The maximum atomic E-state index is 3.79. The lowest BCUT2D eigenvalue weighted by Gasteiger charge is -2.39. The first-order valence-electron chi connectivity index (χ1n) is 9.16. The summed E-state index contributed by atoms with van der Waals surface area (Å²) in [5.41, 5.74) is 0. The van der Waals surface area contributed by atoms with Gasteiger partial charge in [-0.2, -0.15) is 0 Å². The molecule has 20 heavy (non-hydrogen) atoms. The number of piperidine rings is 1. The lowest BCUT2D eigenvalue weighted by molar-refractivity contribution is 0.125. The van der Waals surface area contributed by atoms with E-state index in [0.29, 0.717) is 0 Å². The molecule has 0 spiro atoms. The highest BCUT2D eigenvalue weighted by atomic mass is 15.2. The molecule has 1 atom stereocenters. The predicted molar refractivity (Wildman–Crippen MR) is 88.0 cm³/mol. The van der Waals surface area contributed by atoms with Gasteiger partial charge in [-0.25, -0.2) is 0 Å². The van der Waals surface area contributed by atoms with Crippen molar-refractivity contribution >= 4 is 0 Å². The second-order valence-corrected chi connectivity index (χ2v) is 7.44. The van der Waals surface area contributed by atoms with Crippen LogP contribution in [0.1, 0.15) is 65.7 Å². The van der Waals surface area contributed by atoms with Gasteiger partial charge < -0.3 is 10.2 Å². The number of rotatable bonds is 6. The fourth-order valence-electron chi connectivity index (χ4n) is 4.26. The molecule has 0 aromatic carbocycles. The Labute approximate surface area is 126 Å². The molecule has 2 heteroatoms. The highest BCUT2D eigenvalue weighted by Gasteiger charge is 2.27. The van der Waals surface area contributed by atoms with Crippen molar-refractivity contribution in [3.8, 4) is 0 Å².